The minimum atomic E-state index is -4.39. The molecule has 0 bridgehead atoms. The van der Waals surface area contributed by atoms with Gasteiger partial charge in [-0.15, -0.1) is 0 Å². The average Bonchev–Trinajstić information content (AvgIpc) is 2.72. The van der Waals surface area contributed by atoms with Crippen LogP contribution in [0.4, 0.5) is 18.9 Å². The Morgan fingerprint density at radius 1 is 1.00 bits per heavy atom. The molecule has 3 rings (SSSR count). The number of para-hydroxylation sites is 1. The molecule has 1 saturated heterocycles. The topological polar surface area (TPSA) is 23.6 Å². The van der Waals surface area contributed by atoms with E-state index in [0.717, 1.165) is 18.1 Å². The molecule has 0 saturated carbocycles. The summed E-state index contributed by atoms with van der Waals surface area (Å²) < 4.78 is 39.8. The number of anilines is 1. The predicted molar refractivity (Wildman–Crippen MR) is 114 cm³/mol. The Balaban J connectivity index is 1.58. The third-order valence-electron chi connectivity index (χ3n) is 5.18. The number of hydrogen-bond acceptors (Lipinski definition) is 2. The first kappa shape index (κ1) is 21.9. The minimum absolute atomic E-state index is 0.120. The van der Waals surface area contributed by atoms with E-state index in [4.69, 9.17) is 0 Å². The summed E-state index contributed by atoms with van der Waals surface area (Å²) in [5.41, 5.74) is 1.76. The molecular formula is C24H27F3N2O. The SMILES string of the molecule is CC(C)Cc1ccc(/C=C\C(=O)N2CCN(c3ccccc3C(F)(F)F)CC2)cc1. The molecule has 160 valence electrons. The summed E-state index contributed by atoms with van der Waals surface area (Å²) >= 11 is 0. The molecule has 0 atom stereocenters. The largest absolute Gasteiger partial charge is 0.418 e. The molecule has 3 nitrogen and oxygen atoms in total. The Morgan fingerprint density at radius 2 is 1.63 bits per heavy atom. The van der Waals surface area contributed by atoms with E-state index in [2.05, 4.69) is 26.0 Å². The minimum Gasteiger partial charge on any atom is -0.367 e. The maximum atomic E-state index is 13.3. The number of benzene rings is 2. The van der Waals surface area contributed by atoms with Crippen LogP contribution in [0.25, 0.3) is 6.08 Å². The molecule has 1 aliphatic heterocycles. The first-order valence-electron chi connectivity index (χ1n) is 10.2. The van der Waals surface area contributed by atoms with Crippen molar-refractivity contribution >= 4 is 17.7 Å². The zero-order chi connectivity index (χ0) is 21.7. The number of amides is 1. The number of alkyl halides is 3. The van der Waals surface area contributed by atoms with Gasteiger partial charge in [0.05, 0.1) is 5.56 Å². The van der Waals surface area contributed by atoms with Crippen LogP contribution in [-0.2, 0) is 17.4 Å². The summed E-state index contributed by atoms with van der Waals surface area (Å²) in [6.45, 7) is 5.88. The predicted octanol–water partition coefficient (Wildman–Crippen LogP) is 5.27. The fourth-order valence-electron chi connectivity index (χ4n) is 3.67. The Kier molecular flexibility index (Phi) is 6.85. The number of rotatable bonds is 5. The molecule has 0 aliphatic carbocycles. The molecule has 2 aromatic carbocycles. The van der Waals surface area contributed by atoms with Gasteiger partial charge in [0, 0.05) is 37.9 Å². The molecule has 6 heteroatoms. The van der Waals surface area contributed by atoms with Crippen molar-refractivity contribution in [3.8, 4) is 0 Å². The van der Waals surface area contributed by atoms with E-state index in [9.17, 15) is 18.0 Å². The second-order valence-corrected chi connectivity index (χ2v) is 8.00. The van der Waals surface area contributed by atoms with Crippen LogP contribution in [0.2, 0.25) is 0 Å². The summed E-state index contributed by atoms with van der Waals surface area (Å²) in [5.74, 6) is 0.472. The van der Waals surface area contributed by atoms with Gasteiger partial charge in [0.25, 0.3) is 0 Å². The highest BCUT2D eigenvalue weighted by Gasteiger charge is 2.35. The summed E-state index contributed by atoms with van der Waals surface area (Å²) in [7, 11) is 0. The van der Waals surface area contributed by atoms with Gasteiger partial charge < -0.3 is 9.80 Å². The molecule has 0 N–H and O–H groups in total. The lowest BCUT2D eigenvalue weighted by atomic mass is 10.0. The van der Waals surface area contributed by atoms with Gasteiger partial charge in [-0.1, -0.05) is 50.2 Å². The monoisotopic (exact) mass is 416 g/mol. The lowest BCUT2D eigenvalue weighted by Gasteiger charge is -2.36. The molecule has 0 spiro atoms. The number of carbonyl (C=O) groups excluding carboxylic acids is 1. The van der Waals surface area contributed by atoms with Crippen molar-refractivity contribution in [1.29, 1.82) is 0 Å². The summed E-state index contributed by atoms with van der Waals surface area (Å²) in [6, 6.07) is 13.7. The first-order valence-corrected chi connectivity index (χ1v) is 10.2. The van der Waals surface area contributed by atoms with E-state index >= 15 is 0 Å². The van der Waals surface area contributed by atoms with Crippen LogP contribution in [0.3, 0.4) is 0 Å². The van der Waals surface area contributed by atoms with E-state index < -0.39 is 11.7 Å². The molecule has 0 aromatic heterocycles. The Morgan fingerprint density at radius 3 is 2.23 bits per heavy atom. The van der Waals surface area contributed by atoms with Crippen molar-refractivity contribution in [3.63, 3.8) is 0 Å². The van der Waals surface area contributed by atoms with E-state index in [1.54, 1.807) is 21.9 Å². The molecular weight excluding hydrogens is 389 g/mol. The Labute approximate surface area is 175 Å². The zero-order valence-electron chi connectivity index (χ0n) is 17.3. The van der Waals surface area contributed by atoms with Crippen LogP contribution in [0, 0.1) is 5.92 Å². The van der Waals surface area contributed by atoms with Gasteiger partial charge >= 0.3 is 6.18 Å². The third kappa shape index (κ3) is 5.65. The summed E-state index contributed by atoms with van der Waals surface area (Å²) in [4.78, 5) is 15.9. The van der Waals surface area contributed by atoms with Crippen LogP contribution in [-0.4, -0.2) is 37.0 Å². The fourth-order valence-corrected chi connectivity index (χ4v) is 3.67. The molecule has 1 fully saturated rings. The fraction of sp³-hybridized carbons (Fsp3) is 0.375. The highest BCUT2D eigenvalue weighted by atomic mass is 19.4. The lowest BCUT2D eigenvalue weighted by Crippen LogP contribution is -2.48. The Hall–Kier alpha value is -2.76. The summed E-state index contributed by atoms with van der Waals surface area (Å²) in [5, 5.41) is 0. The highest BCUT2D eigenvalue weighted by molar-refractivity contribution is 5.92. The number of halogens is 3. The first-order chi connectivity index (χ1) is 14.2. The normalized spacial score (nSPS) is 15.3. The van der Waals surface area contributed by atoms with Crippen LogP contribution in [0.5, 0.6) is 0 Å². The van der Waals surface area contributed by atoms with E-state index in [-0.39, 0.29) is 11.6 Å². The van der Waals surface area contributed by atoms with Gasteiger partial charge in [-0.2, -0.15) is 13.2 Å². The highest BCUT2D eigenvalue weighted by Crippen LogP contribution is 2.36. The smallest absolute Gasteiger partial charge is 0.367 e. The molecule has 0 radical (unpaired) electrons. The van der Waals surface area contributed by atoms with Crippen LogP contribution >= 0.6 is 0 Å². The third-order valence-corrected chi connectivity index (χ3v) is 5.18. The van der Waals surface area contributed by atoms with Gasteiger partial charge in [-0.3, -0.25) is 4.79 Å². The maximum absolute atomic E-state index is 13.3. The van der Waals surface area contributed by atoms with Gasteiger partial charge in [0.15, 0.2) is 0 Å². The molecule has 0 unspecified atom stereocenters. The number of hydrogen-bond donors (Lipinski definition) is 0. The summed E-state index contributed by atoms with van der Waals surface area (Å²) in [6.07, 6.45) is -0.0503. The number of nitrogens with zero attached hydrogens (tertiary/aromatic N) is 2. The van der Waals surface area contributed by atoms with E-state index in [1.165, 1.54) is 23.8 Å². The molecule has 2 aromatic rings. The Bertz CT molecular complexity index is 880. The van der Waals surface area contributed by atoms with Crippen LogP contribution in [0.15, 0.2) is 54.6 Å². The maximum Gasteiger partial charge on any atom is 0.418 e. The van der Waals surface area contributed by atoms with Crippen molar-refractivity contribution in [2.45, 2.75) is 26.4 Å². The van der Waals surface area contributed by atoms with E-state index in [1.807, 2.05) is 12.1 Å². The number of carbonyl (C=O) groups is 1. The lowest BCUT2D eigenvalue weighted by molar-refractivity contribution is -0.137. The van der Waals surface area contributed by atoms with Crippen molar-refractivity contribution in [2.75, 3.05) is 31.1 Å². The molecule has 30 heavy (non-hydrogen) atoms. The number of piperazine rings is 1. The second-order valence-electron chi connectivity index (χ2n) is 8.00. The van der Waals surface area contributed by atoms with Gasteiger partial charge in [0.1, 0.15) is 0 Å². The van der Waals surface area contributed by atoms with Crippen molar-refractivity contribution in [1.82, 2.24) is 4.90 Å². The molecule has 1 amide bonds. The van der Waals surface area contributed by atoms with E-state index in [0.29, 0.717) is 32.1 Å². The average molecular weight is 416 g/mol. The standard InChI is InChI=1S/C24H27F3N2O/c1-18(2)17-20-9-7-19(8-10-20)11-12-23(30)29-15-13-28(14-16-29)22-6-4-3-5-21(22)24(25,26)27/h3-12,18H,13-17H2,1-2H3/b12-11-. The van der Waals surface area contributed by atoms with Gasteiger partial charge in [-0.25, -0.2) is 0 Å². The van der Waals surface area contributed by atoms with Crippen LogP contribution in [0.1, 0.15) is 30.5 Å². The molecule has 1 heterocycles. The molecule has 1 aliphatic rings. The van der Waals surface area contributed by atoms with Crippen molar-refractivity contribution in [3.05, 3.63) is 71.3 Å². The quantitative estimate of drug-likeness (QED) is 0.621. The van der Waals surface area contributed by atoms with Gasteiger partial charge in [0.2, 0.25) is 5.91 Å². The van der Waals surface area contributed by atoms with Crippen molar-refractivity contribution in [2.24, 2.45) is 5.92 Å². The van der Waals surface area contributed by atoms with Crippen LogP contribution < -0.4 is 4.90 Å². The van der Waals surface area contributed by atoms with Crippen molar-refractivity contribution < 1.29 is 18.0 Å². The van der Waals surface area contributed by atoms with Gasteiger partial charge in [-0.05, 0) is 41.7 Å². The second kappa shape index (κ2) is 9.37. The zero-order valence-corrected chi connectivity index (χ0v) is 17.3.